The maximum absolute atomic E-state index is 13.2. The Morgan fingerprint density at radius 3 is 2.39 bits per heavy atom. The number of nitro groups is 1. The zero-order chi connectivity index (χ0) is 27.6. The Hall–Kier alpha value is -3.68. The SMILES string of the molecule is COc1cc(/C=C2\C(=O)NC(=O)N(c3ccc(Cl)c(Cl)c3)C2=O)cc(I)c1OCc1ccc([N+](=O)[O-])cc1. The van der Waals surface area contributed by atoms with Crippen LogP contribution in [0.3, 0.4) is 0 Å². The molecule has 0 radical (unpaired) electrons. The number of urea groups is 1. The van der Waals surface area contributed by atoms with E-state index in [1.165, 1.54) is 43.5 Å². The van der Waals surface area contributed by atoms with E-state index in [1.54, 1.807) is 24.3 Å². The molecule has 3 aromatic carbocycles. The number of carbonyl (C=O) groups excluding carboxylic acids is 3. The summed E-state index contributed by atoms with van der Waals surface area (Å²) in [6.07, 6.45) is 1.33. The fraction of sp³-hybridized carbons (Fsp3) is 0.0800. The zero-order valence-electron chi connectivity index (χ0n) is 19.4. The number of nitro benzene ring substituents is 1. The fourth-order valence-electron chi connectivity index (χ4n) is 3.52. The van der Waals surface area contributed by atoms with Crippen molar-refractivity contribution in [1.82, 2.24) is 5.32 Å². The molecule has 1 N–H and O–H groups in total. The van der Waals surface area contributed by atoms with Gasteiger partial charge in [0.2, 0.25) is 0 Å². The Morgan fingerprint density at radius 2 is 1.76 bits per heavy atom. The van der Waals surface area contributed by atoms with E-state index >= 15 is 0 Å². The van der Waals surface area contributed by atoms with E-state index in [9.17, 15) is 24.5 Å². The summed E-state index contributed by atoms with van der Waals surface area (Å²) in [7, 11) is 1.43. The predicted octanol–water partition coefficient (Wildman–Crippen LogP) is 5.76. The third-order valence-electron chi connectivity index (χ3n) is 5.36. The molecule has 194 valence electrons. The molecule has 4 rings (SSSR count). The predicted molar refractivity (Wildman–Crippen MR) is 149 cm³/mol. The van der Waals surface area contributed by atoms with E-state index in [4.69, 9.17) is 32.7 Å². The number of hydrogen-bond acceptors (Lipinski definition) is 7. The van der Waals surface area contributed by atoms with Crippen LogP contribution in [-0.4, -0.2) is 29.9 Å². The van der Waals surface area contributed by atoms with Crippen molar-refractivity contribution in [1.29, 1.82) is 0 Å². The van der Waals surface area contributed by atoms with E-state index in [-0.39, 0.29) is 33.6 Å². The van der Waals surface area contributed by atoms with Crippen LogP contribution in [0.25, 0.3) is 6.08 Å². The van der Waals surface area contributed by atoms with Gasteiger partial charge in [0.1, 0.15) is 12.2 Å². The molecule has 0 bridgehead atoms. The quantitative estimate of drug-likeness (QED) is 0.112. The summed E-state index contributed by atoms with van der Waals surface area (Å²) in [5.74, 6) is -0.972. The van der Waals surface area contributed by atoms with Gasteiger partial charge in [0.25, 0.3) is 17.5 Å². The molecule has 3 aromatic rings. The third-order valence-corrected chi connectivity index (χ3v) is 6.90. The minimum absolute atomic E-state index is 0.0287. The summed E-state index contributed by atoms with van der Waals surface area (Å²) in [5.41, 5.74) is 0.974. The second kappa shape index (κ2) is 11.4. The van der Waals surface area contributed by atoms with Gasteiger partial charge in [-0.3, -0.25) is 25.0 Å². The molecule has 4 amide bonds. The largest absolute Gasteiger partial charge is 0.493 e. The standard InChI is InChI=1S/C25H16Cl2IN3O7/c1-37-21-10-14(9-20(28)22(21)38-12-13-2-4-15(5-3-13)31(35)36)8-17-23(32)29-25(34)30(24(17)33)16-6-7-18(26)19(27)11-16/h2-11H,12H2,1H3,(H,29,32,34)/b17-8+. The highest BCUT2D eigenvalue weighted by molar-refractivity contribution is 14.1. The van der Waals surface area contributed by atoms with Gasteiger partial charge in [-0.25, -0.2) is 9.69 Å². The topological polar surface area (TPSA) is 128 Å². The van der Waals surface area contributed by atoms with Crippen LogP contribution >= 0.6 is 45.8 Å². The molecule has 1 heterocycles. The Morgan fingerprint density at radius 1 is 1.05 bits per heavy atom. The van der Waals surface area contributed by atoms with E-state index in [1.807, 2.05) is 22.6 Å². The van der Waals surface area contributed by atoms with Crippen LogP contribution < -0.4 is 19.7 Å². The highest BCUT2D eigenvalue weighted by Gasteiger charge is 2.37. The van der Waals surface area contributed by atoms with Crippen LogP contribution in [0.5, 0.6) is 11.5 Å². The van der Waals surface area contributed by atoms with Gasteiger partial charge in [-0.2, -0.15) is 0 Å². The molecule has 0 unspecified atom stereocenters. The van der Waals surface area contributed by atoms with Gasteiger partial charge in [0.15, 0.2) is 11.5 Å². The first kappa shape index (κ1) is 27.4. The number of anilines is 1. The number of amides is 4. The van der Waals surface area contributed by atoms with Crippen LogP contribution in [0.1, 0.15) is 11.1 Å². The maximum Gasteiger partial charge on any atom is 0.335 e. The summed E-state index contributed by atoms with van der Waals surface area (Å²) in [6.45, 7) is 0.117. The molecule has 0 spiro atoms. The summed E-state index contributed by atoms with van der Waals surface area (Å²) in [6, 6.07) is 12.5. The highest BCUT2D eigenvalue weighted by Crippen LogP contribution is 2.36. The van der Waals surface area contributed by atoms with Gasteiger partial charge in [-0.05, 0) is 82.3 Å². The summed E-state index contributed by atoms with van der Waals surface area (Å²) >= 11 is 14.0. The lowest BCUT2D eigenvalue weighted by Gasteiger charge is -2.26. The second-order valence-corrected chi connectivity index (χ2v) is 9.78. The van der Waals surface area contributed by atoms with Gasteiger partial charge in [-0.15, -0.1) is 0 Å². The number of barbiturate groups is 1. The number of halogens is 3. The van der Waals surface area contributed by atoms with E-state index in [0.717, 1.165) is 4.90 Å². The molecule has 1 aliphatic rings. The van der Waals surface area contributed by atoms with Crippen molar-refractivity contribution in [2.24, 2.45) is 0 Å². The average molecular weight is 668 g/mol. The third kappa shape index (κ3) is 5.74. The number of nitrogens with zero attached hydrogens (tertiary/aromatic N) is 2. The number of rotatable bonds is 7. The van der Waals surface area contributed by atoms with Crippen molar-refractivity contribution < 1.29 is 28.8 Å². The van der Waals surface area contributed by atoms with Crippen LogP contribution in [-0.2, 0) is 16.2 Å². The van der Waals surface area contributed by atoms with Crippen molar-refractivity contribution in [3.63, 3.8) is 0 Å². The molecular weight excluding hydrogens is 652 g/mol. The lowest BCUT2D eigenvalue weighted by molar-refractivity contribution is -0.384. The maximum atomic E-state index is 13.2. The van der Waals surface area contributed by atoms with Gasteiger partial charge in [0, 0.05) is 12.1 Å². The van der Waals surface area contributed by atoms with Crippen molar-refractivity contribution >= 4 is 81.1 Å². The Bertz CT molecular complexity index is 1510. The normalized spacial score (nSPS) is 14.5. The minimum atomic E-state index is -0.919. The summed E-state index contributed by atoms with van der Waals surface area (Å²) in [4.78, 5) is 49.3. The lowest BCUT2D eigenvalue weighted by atomic mass is 10.1. The van der Waals surface area contributed by atoms with Crippen LogP contribution in [0.4, 0.5) is 16.2 Å². The highest BCUT2D eigenvalue weighted by atomic mass is 127. The Balaban J connectivity index is 1.61. The smallest absolute Gasteiger partial charge is 0.335 e. The first-order valence-corrected chi connectivity index (χ1v) is 12.5. The minimum Gasteiger partial charge on any atom is -0.493 e. The molecule has 38 heavy (non-hydrogen) atoms. The van der Waals surface area contributed by atoms with Gasteiger partial charge in [-0.1, -0.05) is 23.2 Å². The lowest BCUT2D eigenvalue weighted by Crippen LogP contribution is -2.54. The molecular formula is C25H16Cl2IN3O7. The molecule has 10 nitrogen and oxygen atoms in total. The number of carbonyl (C=O) groups is 3. The molecule has 0 saturated carbocycles. The van der Waals surface area contributed by atoms with E-state index in [0.29, 0.717) is 26.2 Å². The molecule has 13 heteroatoms. The molecule has 1 saturated heterocycles. The first-order chi connectivity index (χ1) is 18.1. The number of nitrogens with one attached hydrogen (secondary N) is 1. The molecule has 1 fully saturated rings. The molecule has 0 aliphatic carbocycles. The van der Waals surface area contributed by atoms with Crippen molar-refractivity contribution in [3.8, 4) is 11.5 Å². The number of imide groups is 2. The average Bonchev–Trinajstić information content (AvgIpc) is 2.87. The van der Waals surface area contributed by atoms with E-state index in [2.05, 4.69) is 5.32 Å². The molecule has 0 aromatic heterocycles. The first-order valence-electron chi connectivity index (χ1n) is 10.7. The summed E-state index contributed by atoms with van der Waals surface area (Å²) < 4.78 is 12.0. The van der Waals surface area contributed by atoms with E-state index < -0.39 is 22.8 Å². The van der Waals surface area contributed by atoms with Gasteiger partial charge in [0.05, 0.1) is 31.3 Å². The van der Waals surface area contributed by atoms with Crippen LogP contribution in [0.15, 0.2) is 60.2 Å². The Kier molecular flexibility index (Phi) is 8.19. The fourth-order valence-corrected chi connectivity index (χ4v) is 4.59. The number of non-ortho nitro benzene ring substituents is 1. The van der Waals surface area contributed by atoms with Crippen LogP contribution in [0, 0.1) is 13.7 Å². The zero-order valence-corrected chi connectivity index (χ0v) is 23.0. The van der Waals surface area contributed by atoms with Crippen LogP contribution in [0.2, 0.25) is 10.0 Å². The van der Waals surface area contributed by atoms with Crippen molar-refractivity contribution in [2.45, 2.75) is 6.61 Å². The monoisotopic (exact) mass is 667 g/mol. The molecule has 1 aliphatic heterocycles. The number of ether oxygens (including phenoxy) is 2. The Labute approximate surface area is 239 Å². The number of methoxy groups -OCH3 is 1. The number of benzene rings is 3. The van der Waals surface area contributed by atoms with Crippen molar-refractivity contribution in [2.75, 3.05) is 12.0 Å². The van der Waals surface area contributed by atoms with Crippen molar-refractivity contribution in [3.05, 3.63) is 95.0 Å². The van der Waals surface area contributed by atoms with Gasteiger partial charge >= 0.3 is 6.03 Å². The summed E-state index contributed by atoms with van der Waals surface area (Å²) in [5, 5.41) is 13.4. The van der Waals surface area contributed by atoms with Gasteiger partial charge < -0.3 is 9.47 Å². The molecule has 0 atom stereocenters. The second-order valence-electron chi connectivity index (χ2n) is 7.80. The number of hydrogen-bond donors (Lipinski definition) is 1.